The van der Waals surface area contributed by atoms with Crippen molar-refractivity contribution >= 4 is 5.78 Å². The smallest absolute Gasteiger partial charge is 0.159 e. The molecule has 0 radical (unpaired) electrons. The Bertz CT molecular complexity index is 319. The molecule has 14 heavy (non-hydrogen) atoms. The normalized spacial score (nSPS) is 16.4. The fourth-order valence-electron chi connectivity index (χ4n) is 1.56. The van der Waals surface area contributed by atoms with Crippen LogP contribution in [0.2, 0.25) is 0 Å². The molecule has 0 fully saturated rings. The molecular weight excluding hydrogens is 176 g/mol. The van der Waals surface area contributed by atoms with E-state index >= 15 is 0 Å². The van der Waals surface area contributed by atoms with Gasteiger partial charge in [-0.05, 0) is 19.4 Å². The molecule has 1 aliphatic carbocycles. The molecule has 0 aliphatic heterocycles. The highest BCUT2D eigenvalue weighted by Gasteiger charge is 2.11. The molecule has 2 heteroatoms. The van der Waals surface area contributed by atoms with Crippen LogP contribution < -0.4 is 0 Å². The van der Waals surface area contributed by atoms with Crippen molar-refractivity contribution in [1.29, 1.82) is 0 Å². The Hall–Kier alpha value is -1.31. The van der Waals surface area contributed by atoms with Crippen molar-refractivity contribution < 1.29 is 9.53 Å². The standard InChI is InChI=1S/C12H16O2/c1-4-10-8-11(14-3)6-5-7-12(10)9(2)13/h5-7H,4,8H2,1-3H3. The van der Waals surface area contributed by atoms with Gasteiger partial charge in [0.1, 0.15) is 0 Å². The van der Waals surface area contributed by atoms with E-state index < -0.39 is 0 Å². The summed E-state index contributed by atoms with van der Waals surface area (Å²) in [4.78, 5) is 11.3. The number of hydrogen-bond donors (Lipinski definition) is 0. The minimum Gasteiger partial charge on any atom is -0.501 e. The molecule has 0 heterocycles. The zero-order valence-electron chi connectivity index (χ0n) is 8.96. The van der Waals surface area contributed by atoms with Crippen LogP contribution in [0.5, 0.6) is 0 Å². The first-order valence-corrected chi connectivity index (χ1v) is 4.83. The van der Waals surface area contributed by atoms with E-state index in [0.29, 0.717) is 0 Å². The lowest BCUT2D eigenvalue weighted by Gasteiger charge is -2.08. The molecule has 2 nitrogen and oxygen atoms in total. The zero-order valence-corrected chi connectivity index (χ0v) is 8.96. The van der Waals surface area contributed by atoms with E-state index in [9.17, 15) is 4.79 Å². The third-order valence-corrected chi connectivity index (χ3v) is 2.38. The van der Waals surface area contributed by atoms with Crippen molar-refractivity contribution in [1.82, 2.24) is 0 Å². The van der Waals surface area contributed by atoms with Crippen molar-refractivity contribution in [3.8, 4) is 0 Å². The molecule has 0 saturated carbocycles. The second kappa shape index (κ2) is 4.80. The van der Waals surface area contributed by atoms with Gasteiger partial charge in [0.05, 0.1) is 12.9 Å². The first-order chi connectivity index (χ1) is 6.69. The molecule has 0 saturated heterocycles. The Morgan fingerprint density at radius 2 is 2.29 bits per heavy atom. The summed E-state index contributed by atoms with van der Waals surface area (Å²) in [5.74, 6) is 1.04. The third-order valence-electron chi connectivity index (χ3n) is 2.38. The maximum Gasteiger partial charge on any atom is 0.159 e. The number of hydrogen-bond acceptors (Lipinski definition) is 2. The summed E-state index contributed by atoms with van der Waals surface area (Å²) < 4.78 is 5.20. The molecule has 0 unspecified atom stereocenters. The molecule has 0 spiro atoms. The van der Waals surface area contributed by atoms with Gasteiger partial charge in [-0.2, -0.15) is 0 Å². The van der Waals surface area contributed by atoms with Gasteiger partial charge in [-0.3, -0.25) is 4.79 Å². The highest BCUT2D eigenvalue weighted by atomic mass is 16.5. The van der Waals surface area contributed by atoms with Crippen LogP contribution in [0.3, 0.4) is 0 Å². The summed E-state index contributed by atoms with van der Waals surface area (Å²) in [7, 11) is 1.66. The largest absolute Gasteiger partial charge is 0.501 e. The van der Waals surface area contributed by atoms with Gasteiger partial charge in [0.15, 0.2) is 5.78 Å². The van der Waals surface area contributed by atoms with Crippen LogP contribution >= 0.6 is 0 Å². The average molecular weight is 192 g/mol. The highest BCUT2D eigenvalue weighted by molar-refractivity contribution is 5.97. The number of ketones is 1. The van der Waals surface area contributed by atoms with Gasteiger partial charge in [-0.1, -0.05) is 24.6 Å². The van der Waals surface area contributed by atoms with Crippen LogP contribution in [-0.4, -0.2) is 12.9 Å². The molecule has 76 valence electrons. The van der Waals surface area contributed by atoms with Crippen LogP contribution in [0.1, 0.15) is 26.7 Å². The van der Waals surface area contributed by atoms with Gasteiger partial charge in [0.2, 0.25) is 0 Å². The van der Waals surface area contributed by atoms with Crippen molar-refractivity contribution in [2.45, 2.75) is 26.7 Å². The lowest BCUT2D eigenvalue weighted by molar-refractivity contribution is -0.113. The summed E-state index contributed by atoms with van der Waals surface area (Å²) in [6, 6.07) is 0. The fourth-order valence-corrected chi connectivity index (χ4v) is 1.56. The number of ether oxygens (including phenoxy) is 1. The predicted molar refractivity (Wildman–Crippen MR) is 56.8 cm³/mol. The van der Waals surface area contributed by atoms with Gasteiger partial charge in [-0.15, -0.1) is 0 Å². The topological polar surface area (TPSA) is 26.3 Å². The molecule has 0 bridgehead atoms. The van der Waals surface area contributed by atoms with Crippen molar-refractivity contribution in [2.24, 2.45) is 0 Å². The van der Waals surface area contributed by atoms with E-state index in [1.54, 1.807) is 14.0 Å². The molecule has 1 rings (SSSR count). The van der Waals surface area contributed by atoms with Crippen LogP contribution in [0.4, 0.5) is 0 Å². The van der Waals surface area contributed by atoms with E-state index in [-0.39, 0.29) is 5.78 Å². The lowest BCUT2D eigenvalue weighted by atomic mass is 10.00. The quantitative estimate of drug-likeness (QED) is 0.687. The second-order valence-corrected chi connectivity index (χ2v) is 3.30. The molecule has 0 aromatic carbocycles. The first kappa shape index (κ1) is 10.8. The number of allylic oxidation sites excluding steroid dienone is 5. The number of carbonyl (C=O) groups is 1. The minimum atomic E-state index is 0.129. The van der Waals surface area contributed by atoms with E-state index in [1.165, 1.54) is 0 Å². The molecule has 1 aliphatic rings. The first-order valence-electron chi connectivity index (χ1n) is 4.83. The van der Waals surface area contributed by atoms with Crippen LogP contribution in [-0.2, 0) is 9.53 Å². The third kappa shape index (κ3) is 2.34. The van der Waals surface area contributed by atoms with E-state index in [1.807, 2.05) is 18.2 Å². The summed E-state index contributed by atoms with van der Waals surface area (Å²) in [6.07, 6.45) is 7.28. The maximum absolute atomic E-state index is 11.3. The summed E-state index contributed by atoms with van der Waals surface area (Å²) in [5.41, 5.74) is 1.98. The van der Waals surface area contributed by atoms with Crippen LogP contribution in [0, 0.1) is 0 Å². The summed E-state index contributed by atoms with van der Waals surface area (Å²) >= 11 is 0. The molecule has 0 N–H and O–H groups in total. The minimum absolute atomic E-state index is 0.129. The molecular formula is C12H16O2. The Kier molecular flexibility index (Phi) is 3.69. The lowest BCUT2D eigenvalue weighted by Crippen LogP contribution is -1.99. The van der Waals surface area contributed by atoms with Crippen LogP contribution in [0.25, 0.3) is 0 Å². The van der Waals surface area contributed by atoms with Crippen molar-refractivity contribution in [2.75, 3.05) is 7.11 Å². The molecule has 0 aromatic rings. The SMILES string of the molecule is CCC1=C(C(C)=O)C=CC=C(OC)C1. The zero-order chi connectivity index (χ0) is 10.6. The fraction of sp³-hybridized carbons (Fsp3) is 0.417. The number of methoxy groups -OCH3 is 1. The summed E-state index contributed by atoms with van der Waals surface area (Å²) in [5, 5.41) is 0. The monoisotopic (exact) mass is 192 g/mol. The Labute approximate surface area is 85.0 Å². The van der Waals surface area contributed by atoms with Gasteiger partial charge in [0, 0.05) is 12.0 Å². The predicted octanol–water partition coefficient (Wildman–Crippen LogP) is 2.77. The van der Waals surface area contributed by atoms with Crippen molar-refractivity contribution in [3.63, 3.8) is 0 Å². The van der Waals surface area contributed by atoms with Crippen LogP contribution in [0.15, 0.2) is 35.1 Å². The van der Waals surface area contributed by atoms with Gasteiger partial charge in [0.25, 0.3) is 0 Å². The molecule has 0 aromatic heterocycles. The van der Waals surface area contributed by atoms with Gasteiger partial charge in [-0.25, -0.2) is 0 Å². The highest BCUT2D eigenvalue weighted by Crippen LogP contribution is 2.23. The maximum atomic E-state index is 11.3. The molecule has 0 atom stereocenters. The molecule has 0 amide bonds. The van der Waals surface area contributed by atoms with E-state index in [2.05, 4.69) is 6.92 Å². The Balaban J connectivity index is 3.03. The number of Topliss-reactive ketones (excluding diaryl/α,β-unsaturated/α-hetero) is 1. The van der Waals surface area contributed by atoms with Crippen molar-refractivity contribution in [3.05, 3.63) is 35.1 Å². The Morgan fingerprint density at radius 3 is 2.79 bits per heavy atom. The van der Waals surface area contributed by atoms with Gasteiger partial charge >= 0.3 is 0 Å². The Morgan fingerprint density at radius 1 is 1.57 bits per heavy atom. The van der Waals surface area contributed by atoms with Gasteiger partial charge < -0.3 is 4.74 Å². The number of rotatable bonds is 3. The number of carbonyl (C=O) groups excluding carboxylic acids is 1. The second-order valence-electron chi connectivity index (χ2n) is 3.30. The van der Waals surface area contributed by atoms with E-state index in [4.69, 9.17) is 4.74 Å². The summed E-state index contributed by atoms with van der Waals surface area (Å²) in [6.45, 7) is 3.66. The van der Waals surface area contributed by atoms with E-state index in [0.717, 1.165) is 29.7 Å². The average Bonchev–Trinajstić information content (AvgIpc) is 2.38.